The number of aromatic nitrogens is 1. The van der Waals surface area contributed by atoms with Gasteiger partial charge in [0.05, 0.1) is 22.3 Å². The fraction of sp³-hybridized carbons (Fsp3) is 0.0952. The summed E-state index contributed by atoms with van der Waals surface area (Å²) in [5.74, 6) is -0.338. The smallest absolute Gasteiger partial charge is 0.274 e. The molecule has 3 rings (SSSR count). The first-order valence-electron chi connectivity index (χ1n) is 8.27. The molecule has 134 valence electrons. The number of hydrogen-bond acceptors (Lipinski definition) is 4. The molecule has 0 bridgehead atoms. The van der Waals surface area contributed by atoms with Crippen LogP contribution in [0.5, 0.6) is 0 Å². The van der Waals surface area contributed by atoms with E-state index < -0.39 is 0 Å². The van der Waals surface area contributed by atoms with Crippen molar-refractivity contribution in [2.24, 2.45) is 0 Å². The number of rotatable bonds is 4. The zero-order valence-corrected chi connectivity index (χ0v) is 15.6. The number of carbonyl (C=O) groups is 1. The molecule has 5 nitrogen and oxygen atoms in total. The number of nitrogens with zero attached hydrogens (tertiary/aromatic N) is 2. The van der Waals surface area contributed by atoms with Crippen molar-refractivity contribution >= 4 is 34.6 Å². The van der Waals surface area contributed by atoms with E-state index in [2.05, 4.69) is 15.6 Å². The second kappa shape index (κ2) is 7.90. The van der Waals surface area contributed by atoms with Crippen molar-refractivity contribution in [3.05, 3.63) is 82.1 Å². The molecule has 0 saturated carbocycles. The lowest BCUT2D eigenvalue weighted by atomic mass is 10.1. The molecule has 2 N–H and O–H groups in total. The number of carbonyl (C=O) groups excluding carboxylic acids is 1. The molecule has 1 amide bonds. The number of pyridine rings is 1. The van der Waals surface area contributed by atoms with Crippen LogP contribution in [0, 0.1) is 25.2 Å². The summed E-state index contributed by atoms with van der Waals surface area (Å²) >= 11 is 6.34. The molecular formula is C21H17ClN4O. The third kappa shape index (κ3) is 4.43. The summed E-state index contributed by atoms with van der Waals surface area (Å²) in [7, 11) is 0. The normalized spacial score (nSPS) is 10.1. The molecule has 3 aromatic rings. The van der Waals surface area contributed by atoms with E-state index in [1.54, 1.807) is 42.6 Å². The van der Waals surface area contributed by atoms with E-state index in [9.17, 15) is 4.79 Å². The number of anilines is 3. The maximum absolute atomic E-state index is 12.5. The summed E-state index contributed by atoms with van der Waals surface area (Å²) in [6.45, 7) is 3.96. The minimum atomic E-state index is -0.338. The minimum Gasteiger partial charge on any atom is -0.354 e. The van der Waals surface area contributed by atoms with Gasteiger partial charge in [-0.2, -0.15) is 5.26 Å². The van der Waals surface area contributed by atoms with Crippen molar-refractivity contribution < 1.29 is 4.79 Å². The second-order valence-corrected chi connectivity index (χ2v) is 6.54. The van der Waals surface area contributed by atoms with E-state index >= 15 is 0 Å². The minimum absolute atomic E-state index is 0.269. The quantitative estimate of drug-likeness (QED) is 0.654. The van der Waals surface area contributed by atoms with Crippen LogP contribution in [0.4, 0.5) is 17.1 Å². The van der Waals surface area contributed by atoms with Crippen LogP contribution in [-0.4, -0.2) is 10.9 Å². The van der Waals surface area contributed by atoms with Crippen molar-refractivity contribution in [2.75, 3.05) is 10.6 Å². The predicted octanol–water partition coefficient (Wildman–Crippen LogP) is 5.22. The molecule has 0 aliphatic carbocycles. The Bertz CT molecular complexity index is 1020. The Labute approximate surface area is 162 Å². The van der Waals surface area contributed by atoms with E-state index in [1.165, 1.54) is 0 Å². The first-order valence-corrected chi connectivity index (χ1v) is 8.65. The number of hydrogen-bond donors (Lipinski definition) is 2. The van der Waals surface area contributed by atoms with Gasteiger partial charge in [0, 0.05) is 17.6 Å². The number of halogens is 1. The monoisotopic (exact) mass is 376 g/mol. The summed E-state index contributed by atoms with van der Waals surface area (Å²) < 4.78 is 0. The van der Waals surface area contributed by atoms with Gasteiger partial charge in [-0.05, 0) is 67.4 Å². The van der Waals surface area contributed by atoms with Crippen LogP contribution in [0.25, 0.3) is 0 Å². The van der Waals surface area contributed by atoms with Crippen LogP contribution in [-0.2, 0) is 0 Å². The van der Waals surface area contributed by atoms with Crippen LogP contribution in [0.1, 0.15) is 27.2 Å². The fourth-order valence-corrected chi connectivity index (χ4v) is 3.04. The van der Waals surface area contributed by atoms with Gasteiger partial charge in [-0.25, -0.2) is 0 Å². The molecule has 1 aromatic heterocycles. The molecular weight excluding hydrogens is 360 g/mol. The van der Waals surface area contributed by atoms with Gasteiger partial charge in [-0.15, -0.1) is 0 Å². The van der Waals surface area contributed by atoms with Gasteiger partial charge in [0.25, 0.3) is 5.91 Å². The van der Waals surface area contributed by atoms with Crippen LogP contribution < -0.4 is 10.6 Å². The predicted molar refractivity (Wildman–Crippen MR) is 108 cm³/mol. The molecule has 0 atom stereocenters. The number of aryl methyl sites for hydroxylation is 2. The molecule has 0 unspecified atom stereocenters. The Balaban J connectivity index is 1.79. The highest BCUT2D eigenvalue weighted by atomic mass is 35.5. The van der Waals surface area contributed by atoms with Gasteiger partial charge in [0.15, 0.2) is 0 Å². The molecule has 0 fully saturated rings. The highest BCUT2D eigenvalue weighted by Gasteiger charge is 2.11. The summed E-state index contributed by atoms with van der Waals surface area (Å²) in [6, 6.07) is 16.0. The standard InChI is InChI=1S/C21H17ClN4O/c1-13-9-14(2)20(18(22)10-13)25-17-7-8-24-19(11-17)21(27)26-16-5-3-15(12-23)4-6-16/h3-11H,1-2H3,(H,24,25)(H,26,27). The zero-order valence-electron chi connectivity index (χ0n) is 14.9. The molecule has 1 heterocycles. The van der Waals surface area contributed by atoms with Crippen molar-refractivity contribution in [1.29, 1.82) is 5.26 Å². The molecule has 0 saturated heterocycles. The summed E-state index contributed by atoms with van der Waals surface area (Å²) in [4.78, 5) is 16.6. The fourth-order valence-electron chi connectivity index (χ4n) is 2.67. The number of nitrogens with one attached hydrogen (secondary N) is 2. The van der Waals surface area contributed by atoms with E-state index in [-0.39, 0.29) is 11.6 Å². The first kappa shape index (κ1) is 18.4. The number of benzene rings is 2. The Hall–Kier alpha value is -3.36. The van der Waals surface area contributed by atoms with E-state index in [4.69, 9.17) is 16.9 Å². The number of nitriles is 1. The van der Waals surface area contributed by atoms with Gasteiger partial charge in [0.1, 0.15) is 5.69 Å². The summed E-state index contributed by atoms with van der Waals surface area (Å²) in [5, 5.41) is 15.5. The van der Waals surface area contributed by atoms with Gasteiger partial charge < -0.3 is 10.6 Å². The number of amides is 1. The highest BCUT2D eigenvalue weighted by molar-refractivity contribution is 6.33. The van der Waals surface area contributed by atoms with Gasteiger partial charge >= 0.3 is 0 Å². The molecule has 0 aliphatic heterocycles. The third-order valence-corrected chi connectivity index (χ3v) is 4.26. The van der Waals surface area contributed by atoms with Gasteiger partial charge in [-0.1, -0.05) is 17.7 Å². The van der Waals surface area contributed by atoms with E-state index in [0.29, 0.717) is 22.0 Å². The maximum Gasteiger partial charge on any atom is 0.274 e. The molecule has 0 spiro atoms. The lowest BCUT2D eigenvalue weighted by molar-refractivity contribution is 0.102. The molecule has 0 aliphatic rings. The average Bonchev–Trinajstić information content (AvgIpc) is 2.65. The van der Waals surface area contributed by atoms with Gasteiger partial charge in [-0.3, -0.25) is 9.78 Å². The Kier molecular flexibility index (Phi) is 5.39. The van der Waals surface area contributed by atoms with Crippen LogP contribution in [0.3, 0.4) is 0 Å². The lowest BCUT2D eigenvalue weighted by Gasteiger charge is -2.13. The highest BCUT2D eigenvalue weighted by Crippen LogP contribution is 2.30. The summed E-state index contributed by atoms with van der Waals surface area (Å²) in [5.41, 5.74) is 5.00. The van der Waals surface area contributed by atoms with E-state index in [0.717, 1.165) is 16.8 Å². The van der Waals surface area contributed by atoms with Crippen LogP contribution in [0.2, 0.25) is 5.02 Å². The van der Waals surface area contributed by atoms with Crippen LogP contribution in [0.15, 0.2) is 54.7 Å². The molecule has 6 heteroatoms. The Morgan fingerprint density at radius 3 is 2.48 bits per heavy atom. The molecule has 27 heavy (non-hydrogen) atoms. The topological polar surface area (TPSA) is 77.8 Å². The maximum atomic E-state index is 12.5. The largest absolute Gasteiger partial charge is 0.354 e. The van der Waals surface area contributed by atoms with Crippen molar-refractivity contribution in [1.82, 2.24) is 4.98 Å². The Morgan fingerprint density at radius 2 is 1.81 bits per heavy atom. The SMILES string of the molecule is Cc1cc(C)c(Nc2ccnc(C(=O)Nc3ccc(C#N)cc3)c2)c(Cl)c1. The van der Waals surface area contributed by atoms with Crippen molar-refractivity contribution in [3.63, 3.8) is 0 Å². The molecule has 2 aromatic carbocycles. The first-order chi connectivity index (χ1) is 13.0. The third-order valence-electron chi connectivity index (χ3n) is 3.97. The van der Waals surface area contributed by atoms with Crippen molar-refractivity contribution in [3.8, 4) is 6.07 Å². The van der Waals surface area contributed by atoms with Gasteiger partial charge in [0.2, 0.25) is 0 Å². The summed E-state index contributed by atoms with van der Waals surface area (Å²) in [6.07, 6.45) is 1.56. The van der Waals surface area contributed by atoms with Crippen LogP contribution >= 0.6 is 11.6 Å². The van der Waals surface area contributed by atoms with E-state index in [1.807, 2.05) is 32.0 Å². The van der Waals surface area contributed by atoms with Crippen molar-refractivity contribution in [2.45, 2.75) is 13.8 Å². The average molecular weight is 377 g/mol. The lowest BCUT2D eigenvalue weighted by Crippen LogP contribution is -2.13. The second-order valence-electron chi connectivity index (χ2n) is 6.14. The zero-order chi connectivity index (χ0) is 19.4. The molecule has 0 radical (unpaired) electrons. The Morgan fingerprint density at radius 1 is 1.07 bits per heavy atom.